The van der Waals surface area contributed by atoms with Gasteiger partial charge in [0.05, 0.1) is 0 Å². The summed E-state index contributed by atoms with van der Waals surface area (Å²) in [6.07, 6.45) is 1.97. The van der Waals surface area contributed by atoms with Crippen LogP contribution in [0.3, 0.4) is 0 Å². The highest BCUT2D eigenvalue weighted by molar-refractivity contribution is 6.01. The van der Waals surface area contributed by atoms with Crippen molar-refractivity contribution in [1.82, 2.24) is 10.2 Å². The molecular formula is C16H21N3O2. The summed E-state index contributed by atoms with van der Waals surface area (Å²) >= 11 is 0. The van der Waals surface area contributed by atoms with Crippen molar-refractivity contribution in [3.8, 4) is 0 Å². The second kappa shape index (κ2) is 5.48. The molecule has 1 aromatic rings. The van der Waals surface area contributed by atoms with E-state index in [0.717, 1.165) is 12.1 Å². The van der Waals surface area contributed by atoms with Crippen molar-refractivity contribution in [1.29, 1.82) is 0 Å². The summed E-state index contributed by atoms with van der Waals surface area (Å²) in [5.41, 5.74) is 2.17. The number of amides is 2. The van der Waals surface area contributed by atoms with Gasteiger partial charge in [-0.1, -0.05) is 18.2 Å². The van der Waals surface area contributed by atoms with Gasteiger partial charge in [-0.05, 0) is 38.6 Å². The molecule has 21 heavy (non-hydrogen) atoms. The Labute approximate surface area is 124 Å². The molecule has 2 unspecified atom stereocenters. The van der Waals surface area contributed by atoms with Gasteiger partial charge in [0.25, 0.3) is 0 Å². The van der Waals surface area contributed by atoms with Gasteiger partial charge in [-0.3, -0.25) is 9.59 Å². The molecule has 2 aliphatic rings. The molecule has 1 fully saturated rings. The van der Waals surface area contributed by atoms with Crippen molar-refractivity contribution < 1.29 is 9.59 Å². The van der Waals surface area contributed by atoms with E-state index in [2.05, 4.69) is 30.4 Å². The predicted octanol–water partition coefficient (Wildman–Crippen LogP) is 1.30. The van der Waals surface area contributed by atoms with E-state index in [1.54, 1.807) is 0 Å². The van der Waals surface area contributed by atoms with Crippen LogP contribution in [0.25, 0.3) is 0 Å². The zero-order chi connectivity index (χ0) is 15.0. The molecule has 2 heterocycles. The topological polar surface area (TPSA) is 52.7 Å². The summed E-state index contributed by atoms with van der Waals surface area (Å²) in [6, 6.07) is 8.04. The summed E-state index contributed by atoms with van der Waals surface area (Å²) in [7, 11) is 4.13. The van der Waals surface area contributed by atoms with Gasteiger partial charge in [-0.25, -0.2) is 0 Å². The summed E-state index contributed by atoms with van der Waals surface area (Å²) in [6.45, 7) is 0.699. The van der Waals surface area contributed by atoms with Gasteiger partial charge in [-0.15, -0.1) is 0 Å². The number of carbonyl (C=O) groups excluding carboxylic acids is 2. The van der Waals surface area contributed by atoms with Crippen LogP contribution in [0.5, 0.6) is 0 Å². The highest BCUT2D eigenvalue weighted by Gasteiger charge is 2.35. The van der Waals surface area contributed by atoms with Crippen LogP contribution in [-0.2, 0) is 9.59 Å². The largest absolute Gasteiger partial charge is 0.344 e. The average Bonchev–Trinajstić information content (AvgIpc) is 2.91. The average molecular weight is 287 g/mol. The zero-order valence-electron chi connectivity index (χ0n) is 12.5. The molecular weight excluding hydrogens is 266 g/mol. The molecule has 3 rings (SSSR count). The van der Waals surface area contributed by atoms with Crippen molar-refractivity contribution in [2.24, 2.45) is 0 Å². The Balaban J connectivity index is 1.89. The van der Waals surface area contributed by atoms with E-state index < -0.39 is 0 Å². The van der Waals surface area contributed by atoms with Gasteiger partial charge in [0, 0.05) is 24.7 Å². The van der Waals surface area contributed by atoms with Crippen LogP contribution < -0.4 is 10.2 Å². The fourth-order valence-electron chi connectivity index (χ4n) is 3.30. The number of anilines is 1. The maximum absolute atomic E-state index is 12.7. The smallest absolute Gasteiger partial charge is 0.249 e. The maximum Gasteiger partial charge on any atom is 0.249 e. The van der Waals surface area contributed by atoms with Crippen LogP contribution in [0.1, 0.15) is 30.9 Å². The Kier molecular flexibility index (Phi) is 3.68. The van der Waals surface area contributed by atoms with Crippen molar-refractivity contribution in [2.45, 2.75) is 31.3 Å². The van der Waals surface area contributed by atoms with Crippen LogP contribution in [0, 0.1) is 0 Å². The molecule has 0 aromatic heterocycles. The first-order chi connectivity index (χ1) is 10.1. The first-order valence-electron chi connectivity index (χ1n) is 7.44. The minimum Gasteiger partial charge on any atom is -0.344 e. The van der Waals surface area contributed by atoms with Crippen LogP contribution in [-0.4, -0.2) is 43.4 Å². The van der Waals surface area contributed by atoms with E-state index in [4.69, 9.17) is 0 Å². The molecule has 2 aliphatic heterocycles. The molecule has 0 saturated carbocycles. The third kappa shape index (κ3) is 2.53. The number of nitrogens with zero attached hydrogens (tertiary/aromatic N) is 2. The van der Waals surface area contributed by atoms with E-state index >= 15 is 0 Å². The van der Waals surface area contributed by atoms with Crippen LogP contribution in [0.2, 0.25) is 0 Å². The number of fused-ring (bicyclic) bond motifs is 1. The fourth-order valence-corrected chi connectivity index (χ4v) is 3.30. The van der Waals surface area contributed by atoms with Gasteiger partial charge in [0.15, 0.2) is 0 Å². The highest BCUT2D eigenvalue weighted by atomic mass is 16.2. The lowest BCUT2D eigenvalue weighted by Crippen LogP contribution is -2.47. The van der Waals surface area contributed by atoms with E-state index in [1.165, 1.54) is 5.56 Å². The van der Waals surface area contributed by atoms with Gasteiger partial charge in [0.2, 0.25) is 11.8 Å². The van der Waals surface area contributed by atoms with Gasteiger partial charge < -0.3 is 15.1 Å². The van der Waals surface area contributed by atoms with Gasteiger partial charge in [-0.2, -0.15) is 0 Å². The van der Waals surface area contributed by atoms with E-state index in [0.29, 0.717) is 25.4 Å². The third-order valence-electron chi connectivity index (χ3n) is 4.40. The van der Waals surface area contributed by atoms with Crippen molar-refractivity contribution in [3.05, 3.63) is 29.8 Å². The molecule has 5 nitrogen and oxygen atoms in total. The lowest BCUT2D eigenvalue weighted by molar-refractivity contribution is -0.124. The molecule has 1 N–H and O–H groups in total. The summed E-state index contributed by atoms with van der Waals surface area (Å²) in [4.78, 5) is 28.1. The second-order valence-corrected chi connectivity index (χ2v) is 5.98. The van der Waals surface area contributed by atoms with Crippen molar-refractivity contribution in [2.75, 3.05) is 25.5 Å². The van der Waals surface area contributed by atoms with E-state index in [9.17, 15) is 9.59 Å². The molecule has 2 amide bonds. The molecule has 112 valence electrons. The van der Waals surface area contributed by atoms with Crippen LogP contribution >= 0.6 is 0 Å². The molecule has 2 atom stereocenters. The molecule has 0 aliphatic carbocycles. The number of para-hydroxylation sites is 1. The highest BCUT2D eigenvalue weighted by Crippen LogP contribution is 2.36. The lowest BCUT2D eigenvalue weighted by atomic mass is 9.95. The summed E-state index contributed by atoms with van der Waals surface area (Å²) in [5.74, 6) is -0.00433. The lowest BCUT2D eigenvalue weighted by Gasteiger charge is -2.38. The Morgan fingerprint density at radius 2 is 2.05 bits per heavy atom. The molecule has 0 radical (unpaired) electrons. The van der Waals surface area contributed by atoms with Crippen molar-refractivity contribution >= 4 is 17.5 Å². The third-order valence-corrected chi connectivity index (χ3v) is 4.40. The van der Waals surface area contributed by atoms with E-state index in [1.807, 2.05) is 23.1 Å². The minimum atomic E-state index is -0.360. The molecule has 0 spiro atoms. The van der Waals surface area contributed by atoms with Crippen molar-refractivity contribution in [3.63, 3.8) is 0 Å². The Hall–Kier alpha value is -1.88. The van der Waals surface area contributed by atoms with Gasteiger partial charge in [0.1, 0.15) is 6.04 Å². The molecule has 1 saturated heterocycles. The number of rotatable bonds is 2. The number of hydrogen-bond acceptors (Lipinski definition) is 3. The Morgan fingerprint density at radius 1 is 1.29 bits per heavy atom. The fraction of sp³-hybridized carbons (Fsp3) is 0.500. The standard InChI is InChI=1S/C16H21N3O2/c1-18(2)13-9-10-19(14-6-4-3-5-11(13)14)16(21)12-7-8-15(20)17-12/h3-6,12-13H,7-10H2,1-2H3,(H,17,20). The SMILES string of the molecule is CN(C)C1CCN(C(=O)C2CCC(=O)N2)c2ccccc21. The molecule has 1 aromatic carbocycles. The number of carbonyl (C=O) groups is 2. The van der Waals surface area contributed by atoms with E-state index in [-0.39, 0.29) is 17.9 Å². The minimum absolute atomic E-state index is 0.0190. The molecule has 0 bridgehead atoms. The summed E-state index contributed by atoms with van der Waals surface area (Å²) < 4.78 is 0. The first kappa shape index (κ1) is 14.1. The number of benzene rings is 1. The first-order valence-corrected chi connectivity index (χ1v) is 7.44. The van der Waals surface area contributed by atoms with Gasteiger partial charge >= 0.3 is 0 Å². The monoisotopic (exact) mass is 287 g/mol. The Bertz CT molecular complexity index is 570. The zero-order valence-corrected chi connectivity index (χ0v) is 12.5. The van der Waals surface area contributed by atoms with Crippen LogP contribution in [0.15, 0.2) is 24.3 Å². The maximum atomic E-state index is 12.7. The predicted molar refractivity (Wildman–Crippen MR) is 81.0 cm³/mol. The quantitative estimate of drug-likeness (QED) is 0.892. The summed E-state index contributed by atoms with van der Waals surface area (Å²) in [5, 5.41) is 2.78. The normalized spacial score (nSPS) is 24.9. The Morgan fingerprint density at radius 3 is 2.71 bits per heavy atom. The molecule has 5 heteroatoms. The number of hydrogen-bond donors (Lipinski definition) is 1. The van der Waals surface area contributed by atoms with Crippen LogP contribution in [0.4, 0.5) is 5.69 Å². The number of nitrogens with one attached hydrogen (secondary N) is 1. The second-order valence-electron chi connectivity index (χ2n) is 5.98.